The van der Waals surface area contributed by atoms with Crippen molar-refractivity contribution in [2.45, 2.75) is 19.5 Å². The highest BCUT2D eigenvalue weighted by Crippen LogP contribution is 2.10. The van der Waals surface area contributed by atoms with Gasteiger partial charge in [-0.05, 0) is 13.0 Å². The summed E-state index contributed by atoms with van der Waals surface area (Å²) in [7, 11) is 1.31. The summed E-state index contributed by atoms with van der Waals surface area (Å²) in [5.41, 5.74) is 0.512. The molecule has 0 aliphatic carbocycles. The maximum atomic E-state index is 12.0. The molecule has 0 aliphatic rings. The number of rotatable bonds is 5. The number of ether oxygens (including phenoxy) is 1. The Morgan fingerprint density at radius 2 is 2.25 bits per heavy atom. The zero-order valence-electron chi connectivity index (χ0n) is 11.2. The van der Waals surface area contributed by atoms with Crippen molar-refractivity contribution in [2.24, 2.45) is 0 Å². The number of nitrogens with zero attached hydrogens (tertiary/aromatic N) is 4. The number of anilines is 1. The number of carbonyl (C=O) groups is 2. The lowest BCUT2D eigenvalue weighted by molar-refractivity contribution is -0.141. The van der Waals surface area contributed by atoms with Gasteiger partial charge in [-0.15, -0.1) is 0 Å². The molecule has 0 aromatic carbocycles. The number of methoxy groups -OCH3 is 1. The van der Waals surface area contributed by atoms with Crippen LogP contribution in [0.5, 0.6) is 0 Å². The highest BCUT2D eigenvalue weighted by molar-refractivity contribution is 5.93. The maximum Gasteiger partial charge on any atom is 0.327 e. The molecule has 20 heavy (non-hydrogen) atoms. The number of hydrogen-bond donors (Lipinski definition) is 1. The van der Waals surface area contributed by atoms with Crippen molar-refractivity contribution in [1.82, 2.24) is 19.6 Å². The largest absolute Gasteiger partial charge is 0.468 e. The van der Waals surface area contributed by atoms with Crippen LogP contribution in [0.25, 0.3) is 0 Å². The number of nitrogens with one attached hydrogen (secondary N) is 1. The van der Waals surface area contributed by atoms with Crippen molar-refractivity contribution in [3.8, 4) is 0 Å². The molecule has 106 valence electrons. The standard InChI is InChI=1S/C12H15N5O3/c1-9(17-5-3-4-13-17)12(19)15-10-6-14-16(7-10)8-11(18)20-2/h3-7,9H,8H2,1-2H3,(H,15,19). The van der Waals surface area contributed by atoms with Crippen LogP contribution in [0.1, 0.15) is 13.0 Å². The second-order valence-electron chi connectivity index (χ2n) is 4.15. The van der Waals surface area contributed by atoms with Gasteiger partial charge in [0.25, 0.3) is 0 Å². The third-order valence-corrected chi connectivity index (χ3v) is 2.72. The van der Waals surface area contributed by atoms with E-state index in [9.17, 15) is 9.59 Å². The van der Waals surface area contributed by atoms with Crippen molar-refractivity contribution < 1.29 is 14.3 Å². The van der Waals surface area contributed by atoms with Crippen molar-refractivity contribution in [2.75, 3.05) is 12.4 Å². The normalized spacial score (nSPS) is 11.9. The van der Waals surface area contributed by atoms with Gasteiger partial charge >= 0.3 is 5.97 Å². The van der Waals surface area contributed by atoms with Gasteiger partial charge in [-0.25, -0.2) is 0 Å². The molecule has 0 radical (unpaired) electrons. The molecule has 2 heterocycles. The number of amides is 1. The summed E-state index contributed by atoms with van der Waals surface area (Å²) >= 11 is 0. The fourth-order valence-electron chi connectivity index (χ4n) is 1.59. The van der Waals surface area contributed by atoms with E-state index in [1.54, 1.807) is 36.3 Å². The average molecular weight is 277 g/mol. The molecule has 8 heteroatoms. The van der Waals surface area contributed by atoms with Gasteiger partial charge in [0.1, 0.15) is 12.6 Å². The summed E-state index contributed by atoms with van der Waals surface area (Å²) < 4.78 is 7.47. The molecule has 0 fully saturated rings. The fraction of sp³-hybridized carbons (Fsp3) is 0.333. The highest BCUT2D eigenvalue weighted by atomic mass is 16.5. The Hall–Kier alpha value is -2.64. The van der Waals surface area contributed by atoms with E-state index in [0.717, 1.165) is 0 Å². The Bertz CT molecular complexity index is 590. The van der Waals surface area contributed by atoms with Gasteiger partial charge in [-0.3, -0.25) is 19.0 Å². The quantitative estimate of drug-likeness (QED) is 0.801. The molecule has 1 unspecified atom stereocenters. The molecule has 8 nitrogen and oxygen atoms in total. The summed E-state index contributed by atoms with van der Waals surface area (Å²) in [6.07, 6.45) is 6.35. The zero-order valence-corrected chi connectivity index (χ0v) is 11.2. The summed E-state index contributed by atoms with van der Waals surface area (Å²) in [6.45, 7) is 1.74. The van der Waals surface area contributed by atoms with E-state index in [1.807, 2.05) is 0 Å². The molecule has 0 saturated carbocycles. The van der Waals surface area contributed by atoms with Crippen molar-refractivity contribution in [3.63, 3.8) is 0 Å². The van der Waals surface area contributed by atoms with E-state index in [1.165, 1.54) is 18.0 Å². The zero-order chi connectivity index (χ0) is 14.5. The summed E-state index contributed by atoms with van der Waals surface area (Å²) in [5.74, 6) is -0.623. The van der Waals surface area contributed by atoms with Crippen molar-refractivity contribution >= 4 is 17.6 Å². The number of esters is 1. The number of aromatic nitrogens is 4. The van der Waals surface area contributed by atoms with Crippen LogP contribution in [-0.2, 0) is 20.9 Å². The molecule has 1 atom stereocenters. The topological polar surface area (TPSA) is 91.0 Å². The lowest BCUT2D eigenvalue weighted by Crippen LogP contribution is -2.23. The molecule has 2 aromatic rings. The van der Waals surface area contributed by atoms with E-state index in [-0.39, 0.29) is 12.5 Å². The van der Waals surface area contributed by atoms with E-state index in [2.05, 4.69) is 20.3 Å². The van der Waals surface area contributed by atoms with E-state index in [4.69, 9.17) is 0 Å². The minimum absolute atomic E-state index is 0.00107. The van der Waals surface area contributed by atoms with Crippen LogP contribution in [0, 0.1) is 0 Å². The summed E-state index contributed by atoms with van der Waals surface area (Å²) in [5, 5.41) is 10.7. The molecule has 0 spiro atoms. The van der Waals surface area contributed by atoms with E-state index >= 15 is 0 Å². The van der Waals surface area contributed by atoms with Gasteiger partial charge < -0.3 is 10.1 Å². The minimum Gasteiger partial charge on any atom is -0.468 e. The minimum atomic E-state index is -0.436. The van der Waals surface area contributed by atoms with Gasteiger partial charge in [0.15, 0.2) is 0 Å². The first-order chi connectivity index (χ1) is 9.60. The summed E-state index contributed by atoms with van der Waals surface area (Å²) in [4.78, 5) is 23.1. The lowest BCUT2D eigenvalue weighted by atomic mass is 10.3. The Morgan fingerprint density at radius 1 is 1.45 bits per heavy atom. The number of hydrogen-bond acceptors (Lipinski definition) is 5. The Kier molecular flexibility index (Phi) is 4.14. The second-order valence-corrected chi connectivity index (χ2v) is 4.15. The molecule has 0 aliphatic heterocycles. The van der Waals surface area contributed by atoms with Gasteiger partial charge in [0, 0.05) is 18.6 Å². The predicted octanol–water partition coefficient (Wildman–Crippen LogP) is 0.452. The maximum absolute atomic E-state index is 12.0. The fourth-order valence-corrected chi connectivity index (χ4v) is 1.59. The molecule has 1 amide bonds. The van der Waals surface area contributed by atoms with Crippen LogP contribution in [-0.4, -0.2) is 38.5 Å². The molecular weight excluding hydrogens is 262 g/mol. The SMILES string of the molecule is COC(=O)Cn1cc(NC(=O)C(C)n2cccn2)cn1. The smallest absolute Gasteiger partial charge is 0.327 e. The molecular formula is C12H15N5O3. The van der Waals surface area contributed by atoms with Crippen LogP contribution in [0.4, 0.5) is 5.69 Å². The van der Waals surface area contributed by atoms with Crippen LogP contribution < -0.4 is 5.32 Å². The third kappa shape index (κ3) is 3.22. The summed E-state index contributed by atoms with van der Waals surface area (Å²) in [6, 6.07) is 1.31. The monoisotopic (exact) mass is 277 g/mol. The molecule has 2 rings (SSSR count). The first-order valence-corrected chi connectivity index (χ1v) is 5.99. The Balaban J connectivity index is 1.96. The predicted molar refractivity (Wildman–Crippen MR) is 69.8 cm³/mol. The van der Waals surface area contributed by atoms with Gasteiger partial charge in [0.2, 0.25) is 5.91 Å². The number of carbonyl (C=O) groups excluding carboxylic acids is 2. The highest BCUT2D eigenvalue weighted by Gasteiger charge is 2.15. The molecule has 2 aromatic heterocycles. The second kappa shape index (κ2) is 6.00. The van der Waals surface area contributed by atoms with Crippen LogP contribution >= 0.6 is 0 Å². The van der Waals surface area contributed by atoms with Crippen molar-refractivity contribution in [3.05, 3.63) is 30.9 Å². The average Bonchev–Trinajstić information content (AvgIpc) is 3.09. The van der Waals surface area contributed by atoms with E-state index in [0.29, 0.717) is 5.69 Å². The molecule has 1 N–H and O–H groups in total. The first kappa shape index (κ1) is 13.8. The Labute approximate surface area is 115 Å². The van der Waals surface area contributed by atoms with Gasteiger partial charge in [0.05, 0.1) is 19.0 Å². The molecule has 0 saturated heterocycles. The van der Waals surface area contributed by atoms with Crippen LogP contribution in [0.2, 0.25) is 0 Å². The van der Waals surface area contributed by atoms with E-state index < -0.39 is 12.0 Å². The first-order valence-electron chi connectivity index (χ1n) is 5.99. The Morgan fingerprint density at radius 3 is 2.90 bits per heavy atom. The molecule has 0 bridgehead atoms. The van der Waals surface area contributed by atoms with Gasteiger partial charge in [-0.1, -0.05) is 0 Å². The lowest BCUT2D eigenvalue weighted by Gasteiger charge is -2.11. The third-order valence-electron chi connectivity index (χ3n) is 2.72. The van der Waals surface area contributed by atoms with Crippen LogP contribution in [0.3, 0.4) is 0 Å². The van der Waals surface area contributed by atoms with Gasteiger partial charge in [-0.2, -0.15) is 10.2 Å². The van der Waals surface area contributed by atoms with Crippen molar-refractivity contribution in [1.29, 1.82) is 0 Å². The van der Waals surface area contributed by atoms with Crippen LogP contribution in [0.15, 0.2) is 30.9 Å².